The van der Waals surface area contributed by atoms with Gasteiger partial charge in [0.15, 0.2) is 0 Å². The number of aryl methyl sites for hydroxylation is 3. The number of amides is 1. The van der Waals surface area contributed by atoms with Crippen molar-refractivity contribution in [3.05, 3.63) is 75.0 Å². The zero-order chi connectivity index (χ0) is 27.7. The van der Waals surface area contributed by atoms with E-state index >= 15 is 0 Å². The molecule has 0 bridgehead atoms. The van der Waals surface area contributed by atoms with Crippen LogP contribution in [0, 0.1) is 13.8 Å². The van der Waals surface area contributed by atoms with Gasteiger partial charge >= 0.3 is 5.97 Å². The van der Waals surface area contributed by atoms with Crippen LogP contribution in [0.1, 0.15) is 77.7 Å². The molecule has 0 radical (unpaired) electrons. The van der Waals surface area contributed by atoms with Crippen LogP contribution in [0.15, 0.2) is 48.5 Å². The standard InChI is InChI=1S/C32H41NO4S/c1-22-20-26(21-23(2)30(22)24-11-13-25(14-12-24)32(3,4)5)37-19-9-7-8-10-27-15-16-28(38-27)31(35)33-18-17-29(34)36-6/h11-16,20-21H,7-10,17-19H2,1-6H3,(H,33,35). The Balaban J connectivity index is 1.41. The molecule has 0 atom stereocenters. The Morgan fingerprint density at radius 2 is 1.61 bits per heavy atom. The minimum Gasteiger partial charge on any atom is -0.494 e. The average molecular weight is 536 g/mol. The Hall–Kier alpha value is -3.12. The third-order valence-corrected chi connectivity index (χ3v) is 7.75. The summed E-state index contributed by atoms with van der Waals surface area (Å²) in [5, 5.41) is 2.76. The number of carbonyl (C=O) groups excluding carboxylic acids is 2. The third-order valence-electron chi connectivity index (χ3n) is 6.61. The maximum absolute atomic E-state index is 12.2. The van der Waals surface area contributed by atoms with Gasteiger partial charge in [0.25, 0.3) is 5.91 Å². The second-order valence-corrected chi connectivity index (χ2v) is 11.9. The van der Waals surface area contributed by atoms with Crippen molar-refractivity contribution in [2.45, 2.75) is 72.1 Å². The van der Waals surface area contributed by atoms with Gasteiger partial charge in [-0.25, -0.2) is 0 Å². The summed E-state index contributed by atoms with van der Waals surface area (Å²) in [5.74, 6) is 0.457. The van der Waals surface area contributed by atoms with Crippen molar-refractivity contribution in [2.75, 3.05) is 20.3 Å². The van der Waals surface area contributed by atoms with Crippen LogP contribution < -0.4 is 10.1 Å². The van der Waals surface area contributed by atoms with E-state index in [0.29, 0.717) is 11.5 Å². The summed E-state index contributed by atoms with van der Waals surface area (Å²) in [6.07, 6.45) is 4.22. The fourth-order valence-corrected chi connectivity index (χ4v) is 5.43. The minimum absolute atomic E-state index is 0.142. The van der Waals surface area contributed by atoms with E-state index in [2.05, 4.69) is 81.1 Å². The van der Waals surface area contributed by atoms with E-state index in [1.54, 1.807) is 0 Å². The van der Waals surface area contributed by atoms with Crippen molar-refractivity contribution < 1.29 is 19.1 Å². The molecule has 0 aliphatic rings. The molecule has 6 heteroatoms. The molecule has 0 aliphatic carbocycles. The van der Waals surface area contributed by atoms with Crippen LogP contribution in [0.25, 0.3) is 11.1 Å². The fourth-order valence-electron chi connectivity index (χ4n) is 4.47. The molecule has 38 heavy (non-hydrogen) atoms. The van der Waals surface area contributed by atoms with Crippen LogP contribution in [0.4, 0.5) is 0 Å². The number of thiophene rings is 1. The third kappa shape index (κ3) is 8.45. The highest BCUT2D eigenvalue weighted by Crippen LogP contribution is 2.33. The van der Waals surface area contributed by atoms with E-state index in [-0.39, 0.29) is 30.3 Å². The maximum atomic E-state index is 12.2. The molecule has 0 fully saturated rings. The van der Waals surface area contributed by atoms with E-state index in [9.17, 15) is 9.59 Å². The first-order valence-corrected chi connectivity index (χ1v) is 14.2. The van der Waals surface area contributed by atoms with Crippen LogP contribution in [0.5, 0.6) is 5.75 Å². The second kappa shape index (κ2) is 13.6. The van der Waals surface area contributed by atoms with Gasteiger partial charge in [0.05, 0.1) is 25.0 Å². The van der Waals surface area contributed by atoms with Crippen molar-refractivity contribution in [1.29, 1.82) is 0 Å². The largest absolute Gasteiger partial charge is 0.494 e. The van der Waals surface area contributed by atoms with Gasteiger partial charge in [-0.2, -0.15) is 0 Å². The van der Waals surface area contributed by atoms with Gasteiger partial charge < -0.3 is 14.8 Å². The van der Waals surface area contributed by atoms with Gasteiger partial charge in [0.2, 0.25) is 0 Å². The highest BCUT2D eigenvalue weighted by Gasteiger charge is 2.15. The number of methoxy groups -OCH3 is 1. The van der Waals surface area contributed by atoms with Crippen molar-refractivity contribution in [3.63, 3.8) is 0 Å². The molecule has 204 valence electrons. The molecule has 3 rings (SSSR count). The lowest BCUT2D eigenvalue weighted by Gasteiger charge is -2.20. The molecule has 0 saturated heterocycles. The van der Waals surface area contributed by atoms with Crippen molar-refractivity contribution >= 4 is 23.2 Å². The number of nitrogens with one attached hydrogen (secondary N) is 1. The molecule has 1 heterocycles. The number of rotatable bonds is 12. The van der Waals surface area contributed by atoms with E-state index in [1.165, 1.54) is 51.1 Å². The van der Waals surface area contributed by atoms with E-state index in [4.69, 9.17) is 4.74 Å². The number of hydrogen-bond donors (Lipinski definition) is 1. The molecule has 3 aromatic rings. The maximum Gasteiger partial charge on any atom is 0.307 e. The number of benzene rings is 2. The van der Waals surface area contributed by atoms with Crippen LogP contribution in [0.3, 0.4) is 0 Å². The molecular weight excluding hydrogens is 494 g/mol. The zero-order valence-corrected chi connectivity index (χ0v) is 24.4. The molecule has 1 aromatic heterocycles. The molecular formula is C32H41NO4S. The first-order chi connectivity index (χ1) is 18.1. The predicted molar refractivity (Wildman–Crippen MR) is 156 cm³/mol. The normalized spacial score (nSPS) is 11.3. The molecule has 0 aliphatic heterocycles. The number of ether oxygens (including phenoxy) is 2. The summed E-state index contributed by atoms with van der Waals surface area (Å²) in [6.45, 7) is 12.0. The fraction of sp³-hybridized carbons (Fsp3) is 0.438. The summed E-state index contributed by atoms with van der Waals surface area (Å²) < 4.78 is 10.7. The summed E-state index contributed by atoms with van der Waals surface area (Å²) in [6, 6.07) is 17.1. The predicted octanol–water partition coefficient (Wildman–Crippen LogP) is 7.41. The number of unbranched alkanes of at least 4 members (excludes halogenated alkanes) is 2. The molecule has 0 saturated carbocycles. The van der Waals surface area contributed by atoms with Crippen LogP contribution in [0.2, 0.25) is 0 Å². The molecule has 5 nitrogen and oxygen atoms in total. The van der Waals surface area contributed by atoms with Gasteiger partial charge in [-0.05, 0) is 97.0 Å². The van der Waals surface area contributed by atoms with Gasteiger partial charge in [-0.1, -0.05) is 45.0 Å². The molecule has 0 unspecified atom stereocenters. The van der Waals surface area contributed by atoms with Gasteiger partial charge in [0, 0.05) is 11.4 Å². The second-order valence-electron chi connectivity index (χ2n) is 10.8. The SMILES string of the molecule is COC(=O)CCNC(=O)c1ccc(CCCCCOc2cc(C)c(-c3ccc(C(C)(C)C)cc3)c(C)c2)s1. The Morgan fingerprint density at radius 3 is 2.24 bits per heavy atom. The van der Waals surface area contributed by atoms with Crippen LogP contribution in [-0.2, 0) is 21.4 Å². The van der Waals surface area contributed by atoms with Gasteiger partial charge in [-0.3, -0.25) is 9.59 Å². The van der Waals surface area contributed by atoms with Crippen LogP contribution in [-0.4, -0.2) is 32.1 Å². The topological polar surface area (TPSA) is 64.6 Å². The first kappa shape index (κ1) is 29.4. The van der Waals surface area contributed by atoms with Gasteiger partial charge in [-0.15, -0.1) is 11.3 Å². The Bertz CT molecular complexity index is 1200. The summed E-state index contributed by atoms with van der Waals surface area (Å²) in [7, 11) is 1.34. The summed E-state index contributed by atoms with van der Waals surface area (Å²) >= 11 is 1.51. The highest BCUT2D eigenvalue weighted by molar-refractivity contribution is 7.14. The molecule has 1 amide bonds. The number of carbonyl (C=O) groups is 2. The summed E-state index contributed by atoms with van der Waals surface area (Å²) in [5.41, 5.74) is 6.48. The Labute approximate surface area is 231 Å². The smallest absolute Gasteiger partial charge is 0.307 e. The lowest BCUT2D eigenvalue weighted by molar-refractivity contribution is -0.140. The Morgan fingerprint density at radius 1 is 0.921 bits per heavy atom. The highest BCUT2D eigenvalue weighted by atomic mass is 32.1. The minimum atomic E-state index is -0.328. The monoisotopic (exact) mass is 535 g/mol. The number of hydrogen-bond acceptors (Lipinski definition) is 5. The van der Waals surface area contributed by atoms with Crippen LogP contribution >= 0.6 is 11.3 Å². The first-order valence-electron chi connectivity index (χ1n) is 13.4. The lowest BCUT2D eigenvalue weighted by Crippen LogP contribution is -2.25. The molecule has 2 aromatic carbocycles. The number of esters is 1. The van der Waals surface area contributed by atoms with E-state index in [1.807, 2.05) is 12.1 Å². The average Bonchev–Trinajstić information content (AvgIpc) is 3.34. The van der Waals surface area contributed by atoms with E-state index in [0.717, 1.165) is 31.4 Å². The Kier molecular flexibility index (Phi) is 10.5. The lowest BCUT2D eigenvalue weighted by atomic mass is 9.85. The molecule has 0 spiro atoms. The zero-order valence-electron chi connectivity index (χ0n) is 23.6. The van der Waals surface area contributed by atoms with Gasteiger partial charge in [0.1, 0.15) is 5.75 Å². The van der Waals surface area contributed by atoms with Crippen molar-refractivity contribution in [2.24, 2.45) is 0 Å². The van der Waals surface area contributed by atoms with Crippen molar-refractivity contribution in [3.8, 4) is 16.9 Å². The summed E-state index contributed by atoms with van der Waals surface area (Å²) in [4.78, 5) is 25.2. The van der Waals surface area contributed by atoms with Crippen molar-refractivity contribution in [1.82, 2.24) is 5.32 Å². The van der Waals surface area contributed by atoms with E-state index < -0.39 is 0 Å². The quantitative estimate of drug-likeness (QED) is 0.194. The molecule has 1 N–H and O–H groups in total.